The van der Waals surface area contributed by atoms with Crippen LogP contribution in [-0.2, 0) is 0 Å². The summed E-state index contributed by atoms with van der Waals surface area (Å²) >= 11 is 0. The van der Waals surface area contributed by atoms with Gasteiger partial charge in [0.25, 0.3) is 0 Å². The molecule has 1 N–H and O–H groups in total. The molecule has 0 atom stereocenters. The van der Waals surface area contributed by atoms with Crippen LogP contribution in [0.25, 0.3) is 0 Å². The van der Waals surface area contributed by atoms with Gasteiger partial charge in [0.2, 0.25) is 0 Å². The third kappa shape index (κ3) is 5.56. The Morgan fingerprint density at radius 2 is 1.75 bits per heavy atom. The number of hydrogen-bond acceptors (Lipinski definition) is 1. The minimum atomic E-state index is -0.537. The first-order valence-electron chi connectivity index (χ1n) is 3.33. The van der Waals surface area contributed by atoms with E-state index in [1.807, 2.05) is 0 Å². The summed E-state index contributed by atoms with van der Waals surface area (Å²) in [6.07, 6.45) is 1.43. The Hall–Kier alpha value is -1.22. The van der Waals surface area contributed by atoms with Crippen molar-refractivity contribution in [2.45, 2.75) is 0 Å². The Balaban J connectivity index is 0.000000261. The van der Waals surface area contributed by atoms with Crippen molar-refractivity contribution < 1.29 is 13.9 Å². The van der Waals surface area contributed by atoms with Gasteiger partial charge in [-0.2, -0.15) is 0 Å². The van der Waals surface area contributed by atoms with Crippen LogP contribution < -0.4 is 0 Å². The van der Waals surface area contributed by atoms with E-state index in [0.29, 0.717) is 0 Å². The van der Waals surface area contributed by atoms with E-state index in [1.54, 1.807) is 0 Å². The summed E-state index contributed by atoms with van der Waals surface area (Å²) in [6.45, 7) is 3.31. The van der Waals surface area contributed by atoms with Gasteiger partial charge < -0.3 is 5.11 Å². The summed E-state index contributed by atoms with van der Waals surface area (Å²) in [6, 6.07) is 4.55. The molecule has 0 aliphatic heterocycles. The third-order valence-corrected chi connectivity index (χ3v) is 0.916. The van der Waals surface area contributed by atoms with E-state index in [9.17, 15) is 8.78 Å². The molecule has 0 saturated heterocycles. The second-order valence-electron chi connectivity index (χ2n) is 1.91. The van der Waals surface area contributed by atoms with Gasteiger partial charge >= 0.3 is 0 Å². The van der Waals surface area contributed by atoms with Gasteiger partial charge in [-0.25, -0.2) is 8.78 Å². The first-order chi connectivity index (χ1) is 5.70. The molecule has 0 unspecified atom stereocenters. The highest BCUT2D eigenvalue weighted by molar-refractivity contribution is 5.04. The molecule has 0 fully saturated rings. The zero-order chi connectivity index (χ0) is 9.40. The second kappa shape index (κ2) is 6.49. The largest absolute Gasteiger partial charge is 0.392 e. The maximum atomic E-state index is 11.9. The van der Waals surface area contributed by atoms with E-state index in [4.69, 9.17) is 5.11 Å². The lowest BCUT2D eigenvalue weighted by Crippen LogP contribution is -1.73. The molecular weight excluding hydrogens is 162 g/mol. The van der Waals surface area contributed by atoms with Crippen LogP contribution >= 0.6 is 0 Å². The van der Waals surface area contributed by atoms with Gasteiger partial charge in [0.15, 0.2) is 0 Å². The summed E-state index contributed by atoms with van der Waals surface area (Å²) in [5.41, 5.74) is 0. The van der Waals surface area contributed by atoms with Gasteiger partial charge in [-0.1, -0.05) is 12.1 Å². The molecule has 3 heteroatoms. The van der Waals surface area contributed by atoms with Gasteiger partial charge in [0, 0.05) is 6.07 Å². The number of aliphatic hydroxyl groups excluding tert-OH is 1. The minimum Gasteiger partial charge on any atom is -0.392 e. The van der Waals surface area contributed by atoms with Gasteiger partial charge in [0.1, 0.15) is 11.6 Å². The van der Waals surface area contributed by atoms with E-state index in [1.165, 1.54) is 24.3 Å². The van der Waals surface area contributed by atoms with E-state index in [-0.39, 0.29) is 6.61 Å². The van der Waals surface area contributed by atoms with Crippen LogP contribution in [0.2, 0.25) is 0 Å². The molecule has 1 nitrogen and oxygen atoms in total. The van der Waals surface area contributed by atoms with Crippen LogP contribution in [0.4, 0.5) is 8.78 Å². The molecule has 1 aromatic carbocycles. The lowest BCUT2D eigenvalue weighted by atomic mass is 10.3. The highest BCUT2D eigenvalue weighted by Gasteiger charge is 1.88. The highest BCUT2D eigenvalue weighted by Crippen LogP contribution is 1.99. The molecule has 66 valence electrons. The molecule has 0 radical (unpaired) electrons. The fraction of sp³-hybridized carbons (Fsp3) is 0.111. The summed E-state index contributed by atoms with van der Waals surface area (Å²) in [4.78, 5) is 0. The second-order valence-corrected chi connectivity index (χ2v) is 1.91. The molecule has 0 saturated carbocycles. The number of rotatable bonds is 1. The number of hydrogen-bond donors (Lipinski definition) is 1. The van der Waals surface area contributed by atoms with Crippen LogP contribution in [0.3, 0.4) is 0 Å². The van der Waals surface area contributed by atoms with Gasteiger partial charge in [-0.05, 0) is 12.1 Å². The van der Waals surface area contributed by atoms with Crippen LogP contribution in [-0.4, -0.2) is 11.7 Å². The van der Waals surface area contributed by atoms with Gasteiger partial charge in [0.05, 0.1) is 6.61 Å². The van der Waals surface area contributed by atoms with Crippen LogP contribution in [0, 0.1) is 11.6 Å². The lowest BCUT2D eigenvalue weighted by Gasteiger charge is -1.84. The standard InChI is InChI=1S/C6H4F2.C3H6O/c7-5-2-1-3-6(8)4-5;1-2-3-4/h1-4H;2,4H,1,3H2. The topological polar surface area (TPSA) is 20.2 Å². The molecule has 12 heavy (non-hydrogen) atoms. The molecule has 0 spiro atoms. The Bertz CT molecular complexity index is 218. The third-order valence-electron chi connectivity index (χ3n) is 0.916. The average Bonchev–Trinajstić information content (AvgIpc) is 2.04. The Morgan fingerprint density at radius 3 is 1.92 bits per heavy atom. The van der Waals surface area contributed by atoms with Crippen LogP contribution in [0.5, 0.6) is 0 Å². The molecule has 0 bridgehead atoms. The van der Waals surface area contributed by atoms with Crippen molar-refractivity contribution in [2.75, 3.05) is 6.61 Å². The van der Waals surface area contributed by atoms with Gasteiger partial charge in [-0.15, -0.1) is 6.58 Å². The quantitative estimate of drug-likeness (QED) is 0.643. The predicted octanol–water partition coefficient (Wildman–Crippen LogP) is 2.13. The van der Waals surface area contributed by atoms with Crippen molar-refractivity contribution in [3.8, 4) is 0 Å². The Morgan fingerprint density at radius 1 is 1.33 bits per heavy atom. The van der Waals surface area contributed by atoms with E-state index in [2.05, 4.69) is 6.58 Å². The van der Waals surface area contributed by atoms with Gasteiger partial charge in [-0.3, -0.25) is 0 Å². The van der Waals surface area contributed by atoms with Crippen molar-refractivity contribution in [3.63, 3.8) is 0 Å². The molecule has 1 aromatic rings. The molecule has 0 aliphatic rings. The zero-order valence-corrected chi connectivity index (χ0v) is 6.50. The molecule has 0 aliphatic carbocycles. The summed E-state index contributed by atoms with van der Waals surface area (Å²) in [5, 5.41) is 7.76. The maximum absolute atomic E-state index is 11.9. The molecule has 1 rings (SSSR count). The maximum Gasteiger partial charge on any atom is 0.126 e. The summed E-state index contributed by atoms with van der Waals surface area (Å²) in [5.74, 6) is -1.07. The fourth-order valence-electron chi connectivity index (χ4n) is 0.460. The van der Waals surface area contributed by atoms with Crippen molar-refractivity contribution in [2.24, 2.45) is 0 Å². The fourth-order valence-corrected chi connectivity index (χ4v) is 0.460. The van der Waals surface area contributed by atoms with E-state index >= 15 is 0 Å². The smallest absolute Gasteiger partial charge is 0.126 e. The van der Waals surface area contributed by atoms with Crippen molar-refractivity contribution in [3.05, 3.63) is 48.6 Å². The Labute approximate surface area is 70.0 Å². The minimum absolute atomic E-state index is 0.0833. The van der Waals surface area contributed by atoms with E-state index in [0.717, 1.165) is 6.07 Å². The molecular formula is C9H10F2O. The SMILES string of the molecule is C=CCO.Fc1cccc(F)c1. The highest BCUT2D eigenvalue weighted by atomic mass is 19.1. The predicted molar refractivity (Wildman–Crippen MR) is 43.6 cm³/mol. The van der Waals surface area contributed by atoms with Crippen LogP contribution in [0.15, 0.2) is 36.9 Å². The number of benzene rings is 1. The summed E-state index contributed by atoms with van der Waals surface area (Å²) < 4.78 is 23.9. The van der Waals surface area contributed by atoms with Crippen molar-refractivity contribution in [1.82, 2.24) is 0 Å². The molecule has 0 amide bonds. The molecule has 0 aromatic heterocycles. The van der Waals surface area contributed by atoms with Crippen molar-refractivity contribution in [1.29, 1.82) is 0 Å². The van der Waals surface area contributed by atoms with Crippen LogP contribution in [0.1, 0.15) is 0 Å². The summed E-state index contributed by atoms with van der Waals surface area (Å²) in [7, 11) is 0. The number of halogens is 2. The molecule has 0 heterocycles. The monoisotopic (exact) mass is 172 g/mol. The first-order valence-corrected chi connectivity index (χ1v) is 3.33. The lowest BCUT2D eigenvalue weighted by molar-refractivity contribution is 0.343. The first kappa shape index (κ1) is 10.8. The van der Waals surface area contributed by atoms with E-state index < -0.39 is 11.6 Å². The normalized spacial score (nSPS) is 8.25. The number of aliphatic hydroxyl groups is 1. The average molecular weight is 172 g/mol. The zero-order valence-electron chi connectivity index (χ0n) is 6.50. The van der Waals surface area contributed by atoms with Crippen molar-refractivity contribution >= 4 is 0 Å². The Kier molecular flexibility index (Phi) is 5.83.